The van der Waals surface area contributed by atoms with Crippen molar-refractivity contribution in [2.24, 2.45) is 0 Å². The molecule has 5 nitrogen and oxygen atoms in total. The van der Waals surface area contributed by atoms with Gasteiger partial charge in [0.2, 0.25) is 0 Å². The summed E-state index contributed by atoms with van der Waals surface area (Å²) in [5, 5.41) is 8.82. The van der Waals surface area contributed by atoms with E-state index >= 15 is 0 Å². The average molecular weight is 352 g/mol. The quantitative estimate of drug-likeness (QED) is 0.854. The fourth-order valence-electron chi connectivity index (χ4n) is 2.20. The summed E-state index contributed by atoms with van der Waals surface area (Å²) < 4.78 is 6.26. The van der Waals surface area contributed by atoms with Crippen molar-refractivity contribution in [2.45, 2.75) is 25.4 Å². The Balaban J connectivity index is 2.10. The average Bonchev–Trinajstić information content (AvgIpc) is 3.03. The van der Waals surface area contributed by atoms with Crippen molar-refractivity contribution < 1.29 is 19.4 Å². The highest BCUT2D eigenvalue weighted by Gasteiger charge is 2.26. The topological polar surface area (TPSA) is 66.8 Å². The van der Waals surface area contributed by atoms with E-state index in [-0.39, 0.29) is 25.0 Å². The number of nitrogens with zero attached hydrogens (tertiary/aromatic N) is 1. The molecule has 0 spiro atoms. The molecule has 1 aromatic heterocycles. The highest BCUT2D eigenvalue weighted by atomic mass is 35.5. The molecule has 0 bridgehead atoms. The fraction of sp³-hybridized carbons (Fsp3) is 0.538. The lowest BCUT2D eigenvalue weighted by Gasteiger charge is -2.24. The molecular formula is C13H15Cl2NO4S. The van der Waals surface area contributed by atoms with Crippen LogP contribution in [0, 0.1) is 0 Å². The van der Waals surface area contributed by atoms with Gasteiger partial charge >= 0.3 is 5.97 Å². The third-order valence-electron chi connectivity index (χ3n) is 3.22. The Bertz CT molecular complexity index is 528. The monoisotopic (exact) mass is 351 g/mol. The fourth-order valence-corrected chi connectivity index (χ4v) is 3.64. The van der Waals surface area contributed by atoms with E-state index in [2.05, 4.69) is 0 Å². The lowest BCUT2D eigenvalue weighted by molar-refractivity contribution is -0.137. The molecule has 0 radical (unpaired) electrons. The van der Waals surface area contributed by atoms with E-state index in [9.17, 15) is 9.59 Å². The molecule has 2 heterocycles. The first kappa shape index (κ1) is 16.5. The van der Waals surface area contributed by atoms with Crippen molar-refractivity contribution in [3.8, 4) is 0 Å². The van der Waals surface area contributed by atoms with E-state index in [0.717, 1.165) is 24.2 Å². The first-order valence-corrected chi connectivity index (χ1v) is 8.12. The number of aliphatic carboxylic acids is 1. The predicted molar refractivity (Wildman–Crippen MR) is 81.5 cm³/mol. The number of amides is 1. The zero-order valence-corrected chi connectivity index (χ0v) is 13.5. The standard InChI is InChI=1S/C13H15Cl2NO4S/c14-10-6-9(12(15)21-10)13(19)16(4-3-11(17)18)7-8-2-1-5-20-8/h6,8H,1-5,7H2,(H,17,18). The van der Waals surface area contributed by atoms with Crippen LogP contribution in [0.5, 0.6) is 0 Å². The number of carbonyl (C=O) groups is 2. The Kier molecular flexibility index (Phi) is 5.87. The lowest BCUT2D eigenvalue weighted by Crippen LogP contribution is -2.38. The number of thiophene rings is 1. The van der Waals surface area contributed by atoms with Crippen LogP contribution in [0.2, 0.25) is 8.67 Å². The van der Waals surface area contributed by atoms with Gasteiger partial charge in [-0.25, -0.2) is 0 Å². The molecule has 1 atom stereocenters. The van der Waals surface area contributed by atoms with Gasteiger partial charge in [-0.3, -0.25) is 9.59 Å². The van der Waals surface area contributed by atoms with Gasteiger partial charge in [0, 0.05) is 19.7 Å². The summed E-state index contributed by atoms with van der Waals surface area (Å²) >= 11 is 13.0. The van der Waals surface area contributed by atoms with Gasteiger partial charge in [0.05, 0.1) is 22.4 Å². The molecule has 2 rings (SSSR count). The summed E-state index contributed by atoms with van der Waals surface area (Å²) in [5.41, 5.74) is 0.315. The van der Waals surface area contributed by atoms with Crippen LogP contribution in [-0.4, -0.2) is 47.7 Å². The van der Waals surface area contributed by atoms with Crippen molar-refractivity contribution >= 4 is 46.4 Å². The molecule has 0 aliphatic carbocycles. The smallest absolute Gasteiger partial charge is 0.305 e. The molecule has 8 heteroatoms. The van der Waals surface area contributed by atoms with E-state index in [1.807, 2.05) is 0 Å². The predicted octanol–water partition coefficient (Wildman–Crippen LogP) is 3.15. The number of carboxylic acid groups (broad SMARTS) is 1. The van der Waals surface area contributed by atoms with Gasteiger partial charge in [0.25, 0.3) is 5.91 Å². The molecule has 1 aliphatic rings. The normalized spacial score (nSPS) is 17.9. The summed E-state index contributed by atoms with van der Waals surface area (Å²) in [6, 6.07) is 1.51. The maximum absolute atomic E-state index is 12.5. The number of hydrogen-bond acceptors (Lipinski definition) is 4. The zero-order valence-electron chi connectivity index (χ0n) is 11.2. The minimum atomic E-state index is -0.949. The van der Waals surface area contributed by atoms with Gasteiger partial charge in [-0.1, -0.05) is 23.2 Å². The summed E-state index contributed by atoms with van der Waals surface area (Å²) in [5.74, 6) is -1.26. The van der Waals surface area contributed by atoms with E-state index in [1.54, 1.807) is 0 Å². The van der Waals surface area contributed by atoms with E-state index in [4.69, 9.17) is 33.0 Å². The van der Waals surface area contributed by atoms with Crippen molar-refractivity contribution in [3.63, 3.8) is 0 Å². The minimum Gasteiger partial charge on any atom is -0.481 e. The lowest BCUT2D eigenvalue weighted by atomic mass is 10.2. The Hall–Kier alpha value is -0.820. The minimum absolute atomic E-state index is 0.0457. The van der Waals surface area contributed by atoms with Crippen molar-refractivity contribution in [2.75, 3.05) is 19.7 Å². The Morgan fingerprint density at radius 2 is 2.24 bits per heavy atom. The van der Waals surface area contributed by atoms with Gasteiger partial charge < -0.3 is 14.7 Å². The number of rotatable bonds is 6. The molecule has 1 unspecified atom stereocenters. The largest absolute Gasteiger partial charge is 0.481 e. The first-order valence-electron chi connectivity index (χ1n) is 6.55. The molecule has 1 fully saturated rings. The SMILES string of the molecule is O=C(O)CCN(CC1CCCO1)C(=O)c1cc(Cl)sc1Cl. The zero-order chi connectivity index (χ0) is 15.4. The third kappa shape index (κ3) is 4.57. The van der Waals surface area contributed by atoms with Crippen LogP contribution in [0.15, 0.2) is 6.07 Å². The van der Waals surface area contributed by atoms with E-state index in [0.29, 0.717) is 27.4 Å². The summed E-state index contributed by atoms with van der Waals surface area (Å²) in [6.07, 6.45) is 1.66. The second-order valence-corrected chi connectivity index (χ2v) is 7.05. The Morgan fingerprint density at radius 1 is 1.48 bits per heavy atom. The summed E-state index contributed by atoms with van der Waals surface area (Å²) in [4.78, 5) is 24.8. The Morgan fingerprint density at radius 3 is 2.76 bits per heavy atom. The number of carbonyl (C=O) groups excluding carboxylic acids is 1. The highest BCUT2D eigenvalue weighted by Crippen LogP contribution is 2.32. The van der Waals surface area contributed by atoms with Crippen LogP contribution >= 0.6 is 34.5 Å². The van der Waals surface area contributed by atoms with Crippen LogP contribution in [0.25, 0.3) is 0 Å². The molecule has 0 aromatic carbocycles. The molecule has 116 valence electrons. The molecule has 1 aromatic rings. The molecule has 1 saturated heterocycles. The van der Waals surface area contributed by atoms with Crippen LogP contribution < -0.4 is 0 Å². The molecule has 21 heavy (non-hydrogen) atoms. The first-order chi connectivity index (χ1) is 9.97. The number of ether oxygens (including phenoxy) is 1. The number of hydrogen-bond donors (Lipinski definition) is 1. The number of halogens is 2. The van der Waals surface area contributed by atoms with E-state index < -0.39 is 5.97 Å². The summed E-state index contributed by atoms with van der Waals surface area (Å²) in [7, 11) is 0. The second kappa shape index (κ2) is 7.45. The van der Waals surface area contributed by atoms with Crippen LogP contribution in [0.4, 0.5) is 0 Å². The summed E-state index contributed by atoms with van der Waals surface area (Å²) in [6.45, 7) is 1.17. The second-order valence-electron chi connectivity index (χ2n) is 4.77. The van der Waals surface area contributed by atoms with Crippen molar-refractivity contribution in [3.05, 3.63) is 20.3 Å². The van der Waals surface area contributed by atoms with Crippen molar-refractivity contribution in [1.29, 1.82) is 0 Å². The number of carboxylic acids is 1. The highest BCUT2D eigenvalue weighted by molar-refractivity contribution is 7.20. The van der Waals surface area contributed by atoms with Gasteiger partial charge in [0.1, 0.15) is 4.34 Å². The van der Waals surface area contributed by atoms with Gasteiger partial charge in [0.15, 0.2) is 0 Å². The van der Waals surface area contributed by atoms with E-state index in [1.165, 1.54) is 11.0 Å². The maximum Gasteiger partial charge on any atom is 0.305 e. The molecule has 1 amide bonds. The van der Waals surface area contributed by atoms with Gasteiger partial charge in [-0.2, -0.15) is 0 Å². The third-order valence-corrected chi connectivity index (χ3v) is 4.71. The maximum atomic E-state index is 12.5. The molecule has 1 N–H and O–H groups in total. The van der Waals surface area contributed by atoms with Crippen LogP contribution in [0.3, 0.4) is 0 Å². The van der Waals surface area contributed by atoms with Gasteiger partial charge in [-0.05, 0) is 18.9 Å². The molecular weight excluding hydrogens is 337 g/mol. The van der Waals surface area contributed by atoms with Crippen LogP contribution in [0.1, 0.15) is 29.6 Å². The van der Waals surface area contributed by atoms with Gasteiger partial charge in [-0.15, -0.1) is 11.3 Å². The Labute approximate surface area is 136 Å². The molecule has 1 aliphatic heterocycles. The molecule has 0 saturated carbocycles. The van der Waals surface area contributed by atoms with Crippen molar-refractivity contribution in [1.82, 2.24) is 4.90 Å². The van der Waals surface area contributed by atoms with Crippen LogP contribution in [-0.2, 0) is 9.53 Å².